The molecule has 0 fully saturated rings. The molecule has 0 saturated carbocycles. The van der Waals surface area contributed by atoms with Crippen LogP contribution in [-0.2, 0) is 6.54 Å². The molecule has 5 heteroatoms. The molecule has 0 saturated heterocycles. The number of aromatic nitrogens is 3. The molecule has 0 radical (unpaired) electrons. The van der Waals surface area contributed by atoms with E-state index in [2.05, 4.69) is 39.7 Å². The van der Waals surface area contributed by atoms with Crippen molar-refractivity contribution in [1.82, 2.24) is 14.8 Å². The van der Waals surface area contributed by atoms with Crippen LogP contribution in [0.15, 0.2) is 24.5 Å². The van der Waals surface area contributed by atoms with Gasteiger partial charge in [0.15, 0.2) is 5.82 Å². The molecule has 0 amide bonds. The van der Waals surface area contributed by atoms with Gasteiger partial charge in [-0.05, 0) is 47.2 Å². The fourth-order valence-corrected chi connectivity index (χ4v) is 2.08. The summed E-state index contributed by atoms with van der Waals surface area (Å²) in [4.78, 5) is 0. The maximum absolute atomic E-state index is 5.96. The fourth-order valence-electron chi connectivity index (χ4n) is 1.59. The second-order valence-electron chi connectivity index (χ2n) is 3.58. The lowest BCUT2D eigenvalue weighted by molar-refractivity contribution is 0.683. The molecule has 84 valence electrons. The number of hydrogen-bond acceptors (Lipinski definition) is 3. The van der Waals surface area contributed by atoms with Crippen LogP contribution in [0, 0.1) is 3.57 Å². The van der Waals surface area contributed by atoms with E-state index in [9.17, 15) is 0 Å². The van der Waals surface area contributed by atoms with Crippen molar-refractivity contribution < 1.29 is 0 Å². The quantitative estimate of drug-likeness (QED) is 0.696. The van der Waals surface area contributed by atoms with Crippen LogP contribution in [0.5, 0.6) is 0 Å². The lowest BCUT2D eigenvalue weighted by Gasteiger charge is -2.07. The van der Waals surface area contributed by atoms with E-state index >= 15 is 0 Å². The Morgan fingerprint density at radius 2 is 2.25 bits per heavy atom. The van der Waals surface area contributed by atoms with E-state index in [1.165, 1.54) is 0 Å². The molecule has 4 nitrogen and oxygen atoms in total. The Labute approximate surface area is 108 Å². The zero-order chi connectivity index (χ0) is 11.5. The van der Waals surface area contributed by atoms with E-state index < -0.39 is 0 Å². The third kappa shape index (κ3) is 2.18. The van der Waals surface area contributed by atoms with Gasteiger partial charge < -0.3 is 10.3 Å². The molecule has 0 aliphatic heterocycles. The molecule has 2 N–H and O–H groups in total. The maximum Gasteiger partial charge on any atom is 0.165 e. The van der Waals surface area contributed by atoms with Gasteiger partial charge in [-0.2, -0.15) is 0 Å². The van der Waals surface area contributed by atoms with Crippen LogP contribution >= 0.6 is 22.6 Å². The van der Waals surface area contributed by atoms with Gasteiger partial charge >= 0.3 is 0 Å². The number of halogens is 1. The normalized spacial score (nSPS) is 10.6. The van der Waals surface area contributed by atoms with E-state index in [1.807, 2.05) is 22.8 Å². The molecule has 1 heterocycles. The summed E-state index contributed by atoms with van der Waals surface area (Å²) in [5.74, 6) is 0.845. The van der Waals surface area contributed by atoms with Crippen LogP contribution in [0.25, 0.3) is 11.4 Å². The molecule has 0 bridgehead atoms. The topological polar surface area (TPSA) is 56.7 Å². The standard InChI is InChI=1S/C11H13IN4/c1-2-5-16-7-14-15-11(16)9-6-8(12)3-4-10(9)13/h3-4,6-7H,2,5,13H2,1H3. The summed E-state index contributed by atoms with van der Waals surface area (Å²) < 4.78 is 3.18. The van der Waals surface area contributed by atoms with Gasteiger partial charge in [0, 0.05) is 21.4 Å². The molecule has 0 spiro atoms. The third-order valence-corrected chi connectivity index (χ3v) is 3.01. The number of aryl methyl sites for hydroxylation is 1. The molecule has 0 aliphatic rings. The predicted molar refractivity (Wildman–Crippen MR) is 72.9 cm³/mol. The van der Waals surface area contributed by atoms with Crippen LogP contribution < -0.4 is 5.73 Å². The number of nitrogens with two attached hydrogens (primary N) is 1. The predicted octanol–water partition coefficient (Wildman–Crippen LogP) is 2.54. The lowest BCUT2D eigenvalue weighted by atomic mass is 10.1. The highest BCUT2D eigenvalue weighted by molar-refractivity contribution is 14.1. The van der Waals surface area contributed by atoms with Crippen molar-refractivity contribution in [3.05, 3.63) is 28.1 Å². The van der Waals surface area contributed by atoms with E-state index in [-0.39, 0.29) is 0 Å². The number of anilines is 1. The molecule has 2 rings (SSSR count). The van der Waals surface area contributed by atoms with Crippen molar-refractivity contribution in [2.24, 2.45) is 0 Å². The highest BCUT2D eigenvalue weighted by atomic mass is 127. The summed E-state index contributed by atoms with van der Waals surface area (Å²) >= 11 is 2.27. The maximum atomic E-state index is 5.96. The van der Waals surface area contributed by atoms with Gasteiger partial charge in [0.1, 0.15) is 6.33 Å². The van der Waals surface area contributed by atoms with Gasteiger partial charge in [-0.25, -0.2) is 0 Å². The first-order valence-electron chi connectivity index (χ1n) is 5.15. The minimum Gasteiger partial charge on any atom is -0.398 e. The molecule has 0 aliphatic carbocycles. The van der Waals surface area contributed by atoms with Gasteiger partial charge in [0.25, 0.3) is 0 Å². The SMILES string of the molecule is CCCn1cnnc1-c1cc(I)ccc1N. The Hall–Kier alpha value is -1.11. The lowest BCUT2D eigenvalue weighted by Crippen LogP contribution is -2.01. The van der Waals surface area contributed by atoms with Crippen molar-refractivity contribution in [3.8, 4) is 11.4 Å². The van der Waals surface area contributed by atoms with Crippen LogP contribution in [0.4, 0.5) is 5.69 Å². The van der Waals surface area contributed by atoms with Crippen molar-refractivity contribution in [2.75, 3.05) is 5.73 Å². The monoisotopic (exact) mass is 328 g/mol. The summed E-state index contributed by atoms with van der Waals surface area (Å²) in [5.41, 5.74) is 7.66. The van der Waals surface area contributed by atoms with Gasteiger partial charge in [0.2, 0.25) is 0 Å². The first-order chi connectivity index (χ1) is 7.72. The Balaban J connectivity index is 2.49. The molecular weight excluding hydrogens is 315 g/mol. The Morgan fingerprint density at radius 3 is 3.00 bits per heavy atom. The molecule has 16 heavy (non-hydrogen) atoms. The molecule has 1 aromatic heterocycles. The second kappa shape index (κ2) is 4.82. The van der Waals surface area contributed by atoms with Crippen LogP contribution in [-0.4, -0.2) is 14.8 Å². The third-order valence-electron chi connectivity index (χ3n) is 2.34. The minimum absolute atomic E-state index is 0.741. The number of benzene rings is 1. The molecule has 1 aromatic carbocycles. The fraction of sp³-hybridized carbons (Fsp3) is 0.273. The number of hydrogen-bond donors (Lipinski definition) is 1. The average molecular weight is 328 g/mol. The Kier molecular flexibility index (Phi) is 3.42. The number of nitrogens with zero attached hydrogens (tertiary/aromatic N) is 3. The van der Waals surface area contributed by atoms with Crippen LogP contribution in [0.1, 0.15) is 13.3 Å². The van der Waals surface area contributed by atoms with Gasteiger partial charge in [-0.3, -0.25) is 0 Å². The van der Waals surface area contributed by atoms with Crippen molar-refractivity contribution in [3.63, 3.8) is 0 Å². The minimum atomic E-state index is 0.741. The summed E-state index contributed by atoms with van der Waals surface area (Å²) in [6.45, 7) is 3.04. The molecular formula is C11H13IN4. The summed E-state index contributed by atoms with van der Waals surface area (Å²) in [6, 6.07) is 5.92. The Morgan fingerprint density at radius 1 is 1.44 bits per heavy atom. The summed E-state index contributed by atoms with van der Waals surface area (Å²) in [6.07, 6.45) is 2.80. The van der Waals surface area contributed by atoms with E-state index in [4.69, 9.17) is 5.73 Å². The van der Waals surface area contributed by atoms with E-state index in [1.54, 1.807) is 6.33 Å². The zero-order valence-electron chi connectivity index (χ0n) is 9.02. The van der Waals surface area contributed by atoms with E-state index in [0.29, 0.717) is 0 Å². The van der Waals surface area contributed by atoms with Gasteiger partial charge in [-0.15, -0.1) is 10.2 Å². The van der Waals surface area contributed by atoms with Crippen molar-refractivity contribution in [1.29, 1.82) is 0 Å². The smallest absolute Gasteiger partial charge is 0.165 e. The van der Waals surface area contributed by atoms with Crippen molar-refractivity contribution >= 4 is 28.3 Å². The zero-order valence-corrected chi connectivity index (χ0v) is 11.2. The number of nitrogen functional groups attached to an aromatic ring is 1. The van der Waals surface area contributed by atoms with Crippen LogP contribution in [0.2, 0.25) is 0 Å². The molecule has 0 unspecified atom stereocenters. The summed E-state index contributed by atoms with van der Waals surface area (Å²) in [5, 5.41) is 8.08. The van der Waals surface area contributed by atoms with Gasteiger partial charge in [-0.1, -0.05) is 6.92 Å². The van der Waals surface area contributed by atoms with Gasteiger partial charge in [0.05, 0.1) is 0 Å². The Bertz CT molecular complexity index is 492. The molecule has 0 atom stereocenters. The average Bonchev–Trinajstić information content (AvgIpc) is 2.70. The first kappa shape index (κ1) is 11.4. The highest BCUT2D eigenvalue weighted by Crippen LogP contribution is 2.25. The number of rotatable bonds is 3. The first-order valence-corrected chi connectivity index (χ1v) is 6.23. The second-order valence-corrected chi connectivity index (χ2v) is 4.83. The van der Waals surface area contributed by atoms with Crippen molar-refractivity contribution in [2.45, 2.75) is 19.9 Å². The molecule has 2 aromatic rings. The van der Waals surface area contributed by atoms with Crippen LogP contribution in [0.3, 0.4) is 0 Å². The largest absolute Gasteiger partial charge is 0.398 e. The highest BCUT2D eigenvalue weighted by Gasteiger charge is 2.10. The summed E-state index contributed by atoms with van der Waals surface area (Å²) in [7, 11) is 0. The van der Waals surface area contributed by atoms with E-state index in [0.717, 1.165) is 33.6 Å².